The Bertz CT molecular complexity index is 312. The summed E-state index contributed by atoms with van der Waals surface area (Å²) in [7, 11) is 1.95. The van der Waals surface area contributed by atoms with Gasteiger partial charge in [-0.15, -0.1) is 0 Å². The highest BCUT2D eigenvalue weighted by molar-refractivity contribution is 5.26. The lowest BCUT2D eigenvalue weighted by Crippen LogP contribution is -2.51. The van der Waals surface area contributed by atoms with Gasteiger partial charge in [-0.3, -0.25) is 0 Å². The van der Waals surface area contributed by atoms with E-state index < -0.39 is 0 Å². The fourth-order valence-corrected chi connectivity index (χ4v) is 2.66. The summed E-state index contributed by atoms with van der Waals surface area (Å²) in [6, 6.07) is 10.3. The molecule has 82 valence electrons. The van der Waals surface area contributed by atoms with Crippen LogP contribution in [0.1, 0.15) is 31.2 Å². The van der Waals surface area contributed by atoms with E-state index in [1.54, 1.807) is 0 Å². The molecule has 2 rings (SSSR count). The third kappa shape index (κ3) is 1.80. The molecule has 1 aliphatic carbocycles. The zero-order chi connectivity index (χ0) is 10.7. The maximum atomic E-state index is 10.2. The molecule has 0 bridgehead atoms. The van der Waals surface area contributed by atoms with Crippen LogP contribution in [0.3, 0.4) is 0 Å². The first-order valence-electron chi connectivity index (χ1n) is 5.72. The maximum absolute atomic E-state index is 10.2. The van der Waals surface area contributed by atoms with Gasteiger partial charge in [0.25, 0.3) is 0 Å². The summed E-state index contributed by atoms with van der Waals surface area (Å²) in [5, 5.41) is 13.5. The molecule has 0 saturated heterocycles. The molecule has 0 unspecified atom stereocenters. The zero-order valence-electron chi connectivity index (χ0n) is 9.24. The Labute approximate surface area is 91.3 Å². The molecular weight excluding hydrogens is 186 g/mol. The minimum Gasteiger partial charge on any atom is -0.391 e. The summed E-state index contributed by atoms with van der Waals surface area (Å²) in [5.41, 5.74) is 0.985. The Morgan fingerprint density at radius 2 is 2.00 bits per heavy atom. The van der Waals surface area contributed by atoms with Gasteiger partial charge in [0, 0.05) is 0 Å². The summed E-state index contributed by atoms with van der Waals surface area (Å²) in [6.07, 6.45) is 3.98. The zero-order valence-corrected chi connectivity index (χ0v) is 9.24. The van der Waals surface area contributed by atoms with Crippen molar-refractivity contribution in [3.05, 3.63) is 35.9 Å². The van der Waals surface area contributed by atoms with Crippen molar-refractivity contribution in [3.8, 4) is 0 Å². The second-order valence-corrected chi connectivity index (χ2v) is 4.35. The molecule has 2 nitrogen and oxygen atoms in total. The molecule has 1 aromatic carbocycles. The fraction of sp³-hybridized carbons (Fsp3) is 0.538. The number of hydrogen-bond donors (Lipinski definition) is 2. The van der Waals surface area contributed by atoms with Gasteiger partial charge in [-0.2, -0.15) is 0 Å². The van der Waals surface area contributed by atoms with Crippen LogP contribution in [-0.2, 0) is 5.54 Å². The van der Waals surface area contributed by atoms with Crippen LogP contribution in [0.5, 0.6) is 0 Å². The van der Waals surface area contributed by atoms with Crippen LogP contribution >= 0.6 is 0 Å². The van der Waals surface area contributed by atoms with Gasteiger partial charge in [-0.05, 0) is 25.5 Å². The predicted molar refractivity (Wildman–Crippen MR) is 61.7 cm³/mol. The number of nitrogens with one attached hydrogen (secondary N) is 1. The van der Waals surface area contributed by atoms with E-state index in [9.17, 15) is 5.11 Å². The third-order valence-electron chi connectivity index (χ3n) is 3.60. The lowest BCUT2D eigenvalue weighted by molar-refractivity contribution is 0.0252. The van der Waals surface area contributed by atoms with E-state index in [0.29, 0.717) is 0 Å². The molecule has 1 fully saturated rings. The number of hydrogen-bond acceptors (Lipinski definition) is 2. The molecule has 0 amide bonds. The van der Waals surface area contributed by atoms with Gasteiger partial charge >= 0.3 is 0 Å². The average Bonchev–Trinajstić information content (AvgIpc) is 2.31. The van der Waals surface area contributed by atoms with E-state index in [1.165, 1.54) is 12.0 Å². The number of likely N-dealkylation sites (N-methyl/N-ethyl adjacent to an activating group) is 1. The van der Waals surface area contributed by atoms with E-state index in [4.69, 9.17) is 0 Å². The van der Waals surface area contributed by atoms with Gasteiger partial charge in [0.05, 0.1) is 11.6 Å². The van der Waals surface area contributed by atoms with Crippen LogP contribution in [0.25, 0.3) is 0 Å². The van der Waals surface area contributed by atoms with Crippen LogP contribution in [-0.4, -0.2) is 18.3 Å². The van der Waals surface area contributed by atoms with E-state index in [-0.39, 0.29) is 11.6 Å². The first-order chi connectivity index (χ1) is 7.29. The molecule has 0 aromatic heterocycles. The van der Waals surface area contributed by atoms with Crippen molar-refractivity contribution in [1.29, 1.82) is 0 Å². The minimum atomic E-state index is -0.265. The topological polar surface area (TPSA) is 32.3 Å². The van der Waals surface area contributed by atoms with Gasteiger partial charge in [0.15, 0.2) is 0 Å². The highest BCUT2D eigenvalue weighted by Gasteiger charge is 2.39. The van der Waals surface area contributed by atoms with Crippen LogP contribution in [0.15, 0.2) is 30.3 Å². The Hall–Kier alpha value is -0.860. The van der Waals surface area contributed by atoms with Crippen molar-refractivity contribution >= 4 is 0 Å². The molecule has 15 heavy (non-hydrogen) atoms. The smallest absolute Gasteiger partial charge is 0.0763 e. The summed E-state index contributed by atoms with van der Waals surface area (Å²) >= 11 is 0. The van der Waals surface area contributed by atoms with E-state index in [2.05, 4.69) is 17.4 Å². The van der Waals surface area contributed by atoms with Gasteiger partial charge in [-0.1, -0.05) is 43.2 Å². The van der Waals surface area contributed by atoms with Gasteiger partial charge in [0.2, 0.25) is 0 Å². The average molecular weight is 205 g/mol. The van der Waals surface area contributed by atoms with Crippen molar-refractivity contribution in [2.75, 3.05) is 7.05 Å². The van der Waals surface area contributed by atoms with Crippen LogP contribution in [0.2, 0.25) is 0 Å². The maximum Gasteiger partial charge on any atom is 0.0763 e. The highest BCUT2D eigenvalue weighted by atomic mass is 16.3. The van der Waals surface area contributed by atoms with Crippen LogP contribution < -0.4 is 5.32 Å². The van der Waals surface area contributed by atoms with Crippen molar-refractivity contribution in [2.24, 2.45) is 0 Å². The molecule has 0 spiro atoms. The molecule has 0 heterocycles. The molecular formula is C13H19NO. The lowest BCUT2D eigenvalue weighted by Gasteiger charge is -2.42. The fourth-order valence-electron chi connectivity index (χ4n) is 2.66. The van der Waals surface area contributed by atoms with Gasteiger partial charge < -0.3 is 10.4 Å². The van der Waals surface area contributed by atoms with E-state index in [0.717, 1.165) is 19.3 Å². The number of aliphatic hydroxyl groups excluding tert-OH is 1. The Balaban J connectivity index is 2.35. The molecule has 2 N–H and O–H groups in total. The first-order valence-corrected chi connectivity index (χ1v) is 5.72. The Morgan fingerprint density at radius 1 is 1.27 bits per heavy atom. The normalized spacial score (nSPS) is 31.5. The van der Waals surface area contributed by atoms with Crippen molar-refractivity contribution in [1.82, 2.24) is 5.32 Å². The molecule has 1 aromatic rings. The molecule has 1 aliphatic rings. The van der Waals surface area contributed by atoms with Crippen molar-refractivity contribution in [3.63, 3.8) is 0 Å². The Morgan fingerprint density at radius 3 is 2.60 bits per heavy atom. The minimum absolute atomic E-state index is 0.223. The quantitative estimate of drug-likeness (QED) is 0.774. The molecule has 0 radical (unpaired) electrons. The summed E-state index contributed by atoms with van der Waals surface area (Å²) in [4.78, 5) is 0. The monoisotopic (exact) mass is 205 g/mol. The standard InChI is InChI=1S/C13H19NO/c1-14-13(10-6-5-9-12(13)15)11-7-3-2-4-8-11/h2-4,7-8,12,14-15H,5-6,9-10H2,1H3/t12-,13+/m1/s1. The highest BCUT2D eigenvalue weighted by Crippen LogP contribution is 2.36. The number of rotatable bonds is 2. The summed E-state index contributed by atoms with van der Waals surface area (Å²) < 4.78 is 0. The van der Waals surface area contributed by atoms with Gasteiger partial charge in [0.1, 0.15) is 0 Å². The second-order valence-electron chi connectivity index (χ2n) is 4.35. The van der Waals surface area contributed by atoms with Crippen LogP contribution in [0, 0.1) is 0 Å². The molecule has 2 atom stereocenters. The van der Waals surface area contributed by atoms with E-state index in [1.807, 2.05) is 25.2 Å². The summed E-state index contributed by atoms with van der Waals surface area (Å²) in [6.45, 7) is 0. The Kier molecular flexibility index (Phi) is 3.08. The van der Waals surface area contributed by atoms with Gasteiger partial charge in [-0.25, -0.2) is 0 Å². The predicted octanol–water partition coefficient (Wildman–Crippen LogP) is 2.04. The molecule has 0 aliphatic heterocycles. The largest absolute Gasteiger partial charge is 0.391 e. The number of benzene rings is 1. The third-order valence-corrected chi connectivity index (χ3v) is 3.60. The molecule has 2 heteroatoms. The number of aliphatic hydroxyl groups is 1. The van der Waals surface area contributed by atoms with Crippen molar-refractivity contribution < 1.29 is 5.11 Å². The first kappa shape index (κ1) is 10.7. The summed E-state index contributed by atoms with van der Waals surface area (Å²) in [5.74, 6) is 0. The SMILES string of the molecule is CN[C@]1(c2ccccc2)CCCC[C@H]1O. The van der Waals surface area contributed by atoms with E-state index >= 15 is 0 Å². The second kappa shape index (κ2) is 4.33. The molecule has 1 saturated carbocycles. The lowest BCUT2D eigenvalue weighted by atomic mass is 9.74. The van der Waals surface area contributed by atoms with Crippen molar-refractivity contribution in [2.45, 2.75) is 37.3 Å². The van der Waals surface area contributed by atoms with Crippen LogP contribution in [0.4, 0.5) is 0 Å².